The van der Waals surface area contributed by atoms with E-state index in [4.69, 9.17) is 0 Å². The number of nitrogens with zero attached hydrogens (tertiary/aromatic N) is 2. The molecule has 0 aliphatic rings. The molecule has 2 aromatic rings. The van der Waals surface area contributed by atoms with Crippen molar-refractivity contribution in [2.45, 2.75) is 20.3 Å². The number of halogens is 1. The molecular weight excluding hydrogens is 304 g/mol. The molecule has 1 aromatic carbocycles. The largest absolute Gasteiger partial charge is 0.373 e. The molecule has 0 aliphatic carbocycles. The second kappa shape index (κ2) is 6.02. The molecule has 0 saturated heterocycles. The standard InChI is InChI=1S/C14H17BrN4/c1-4-12-18-13(16-3)8-14(19-12)17-11-7-10(15)6-5-9(11)2/h5-8H,4H2,1-3H3,(H2,16,17,18,19). The fourth-order valence-electron chi connectivity index (χ4n) is 1.71. The van der Waals surface area contributed by atoms with Crippen LogP contribution in [0.25, 0.3) is 0 Å². The van der Waals surface area contributed by atoms with Crippen LogP contribution in [-0.2, 0) is 6.42 Å². The smallest absolute Gasteiger partial charge is 0.136 e. The summed E-state index contributed by atoms with van der Waals surface area (Å²) in [6, 6.07) is 8.03. The van der Waals surface area contributed by atoms with Crippen LogP contribution < -0.4 is 10.6 Å². The fraction of sp³-hybridized carbons (Fsp3) is 0.286. The van der Waals surface area contributed by atoms with Crippen molar-refractivity contribution in [3.63, 3.8) is 0 Å². The molecule has 5 heteroatoms. The molecule has 0 radical (unpaired) electrons. The first-order valence-corrected chi connectivity index (χ1v) is 7.00. The van der Waals surface area contributed by atoms with Gasteiger partial charge in [0.2, 0.25) is 0 Å². The summed E-state index contributed by atoms with van der Waals surface area (Å²) in [7, 11) is 1.86. The molecule has 0 aliphatic heterocycles. The van der Waals surface area contributed by atoms with Crippen molar-refractivity contribution in [2.24, 2.45) is 0 Å². The Morgan fingerprint density at radius 3 is 2.58 bits per heavy atom. The summed E-state index contributed by atoms with van der Waals surface area (Å²) < 4.78 is 1.04. The minimum Gasteiger partial charge on any atom is -0.373 e. The van der Waals surface area contributed by atoms with E-state index in [0.717, 1.165) is 34.0 Å². The number of anilines is 3. The summed E-state index contributed by atoms with van der Waals surface area (Å²) in [4.78, 5) is 8.87. The average molecular weight is 321 g/mol. The van der Waals surface area contributed by atoms with Gasteiger partial charge in [-0.05, 0) is 24.6 Å². The molecule has 2 rings (SSSR count). The second-order valence-corrected chi connectivity index (χ2v) is 5.16. The van der Waals surface area contributed by atoms with Crippen LogP contribution in [0, 0.1) is 6.92 Å². The van der Waals surface area contributed by atoms with Gasteiger partial charge in [-0.25, -0.2) is 9.97 Å². The van der Waals surface area contributed by atoms with E-state index in [1.165, 1.54) is 5.56 Å². The van der Waals surface area contributed by atoms with Gasteiger partial charge in [0.05, 0.1) is 0 Å². The normalized spacial score (nSPS) is 10.3. The lowest BCUT2D eigenvalue weighted by Gasteiger charge is -2.11. The molecule has 2 N–H and O–H groups in total. The van der Waals surface area contributed by atoms with E-state index in [2.05, 4.69) is 49.5 Å². The number of aryl methyl sites for hydroxylation is 2. The van der Waals surface area contributed by atoms with Crippen LogP contribution in [0.2, 0.25) is 0 Å². The Bertz CT molecular complexity index is 561. The van der Waals surface area contributed by atoms with Crippen LogP contribution in [0.1, 0.15) is 18.3 Å². The number of aromatic nitrogens is 2. The highest BCUT2D eigenvalue weighted by Crippen LogP contribution is 2.24. The van der Waals surface area contributed by atoms with Gasteiger partial charge in [-0.1, -0.05) is 28.9 Å². The van der Waals surface area contributed by atoms with Crippen LogP contribution in [0.4, 0.5) is 17.3 Å². The van der Waals surface area contributed by atoms with Crippen molar-refractivity contribution in [2.75, 3.05) is 17.7 Å². The Morgan fingerprint density at radius 1 is 1.16 bits per heavy atom. The number of rotatable bonds is 4. The van der Waals surface area contributed by atoms with Crippen LogP contribution in [0.5, 0.6) is 0 Å². The molecule has 4 nitrogen and oxygen atoms in total. The zero-order chi connectivity index (χ0) is 13.8. The molecular formula is C14H17BrN4. The summed E-state index contributed by atoms with van der Waals surface area (Å²) >= 11 is 3.48. The van der Waals surface area contributed by atoms with Crippen LogP contribution in [0.15, 0.2) is 28.7 Å². The molecule has 0 unspecified atom stereocenters. The molecule has 0 bridgehead atoms. The van der Waals surface area contributed by atoms with Gasteiger partial charge in [0.15, 0.2) is 0 Å². The molecule has 0 amide bonds. The zero-order valence-corrected chi connectivity index (χ0v) is 12.9. The third-order valence-electron chi connectivity index (χ3n) is 2.81. The highest BCUT2D eigenvalue weighted by atomic mass is 79.9. The first kappa shape index (κ1) is 13.8. The van der Waals surface area contributed by atoms with Crippen molar-refractivity contribution in [3.8, 4) is 0 Å². The highest BCUT2D eigenvalue weighted by Gasteiger charge is 2.05. The first-order valence-electron chi connectivity index (χ1n) is 6.21. The van der Waals surface area contributed by atoms with E-state index >= 15 is 0 Å². The lowest BCUT2D eigenvalue weighted by atomic mass is 10.2. The summed E-state index contributed by atoms with van der Waals surface area (Å²) in [6.45, 7) is 4.11. The number of benzene rings is 1. The minimum absolute atomic E-state index is 0.803. The third kappa shape index (κ3) is 3.44. The Hall–Kier alpha value is -1.62. The Kier molecular flexibility index (Phi) is 4.37. The van der Waals surface area contributed by atoms with Gasteiger partial charge in [-0.3, -0.25) is 0 Å². The Morgan fingerprint density at radius 2 is 1.89 bits per heavy atom. The predicted octanol–water partition coefficient (Wildman–Crippen LogP) is 3.90. The molecule has 0 atom stereocenters. The molecule has 0 fully saturated rings. The van der Waals surface area contributed by atoms with Gasteiger partial charge >= 0.3 is 0 Å². The molecule has 0 saturated carbocycles. The van der Waals surface area contributed by atoms with Crippen LogP contribution in [-0.4, -0.2) is 17.0 Å². The SMILES string of the molecule is CCc1nc(NC)cc(Nc2cc(Br)ccc2C)n1. The Labute approximate surface area is 121 Å². The summed E-state index contributed by atoms with van der Waals surface area (Å²) in [5, 5.41) is 6.39. The van der Waals surface area contributed by atoms with E-state index in [1.807, 2.05) is 32.2 Å². The monoisotopic (exact) mass is 320 g/mol. The maximum atomic E-state index is 4.49. The number of hydrogen-bond acceptors (Lipinski definition) is 4. The molecule has 100 valence electrons. The topological polar surface area (TPSA) is 49.8 Å². The van der Waals surface area contributed by atoms with Crippen molar-refractivity contribution in [3.05, 3.63) is 40.1 Å². The number of nitrogens with one attached hydrogen (secondary N) is 2. The van der Waals surface area contributed by atoms with E-state index in [0.29, 0.717) is 0 Å². The zero-order valence-electron chi connectivity index (χ0n) is 11.3. The van der Waals surface area contributed by atoms with Crippen LogP contribution >= 0.6 is 15.9 Å². The van der Waals surface area contributed by atoms with Crippen molar-refractivity contribution in [1.82, 2.24) is 9.97 Å². The van der Waals surface area contributed by atoms with E-state index < -0.39 is 0 Å². The first-order chi connectivity index (χ1) is 9.12. The van der Waals surface area contributed by atoms with Gasteiger partial charge in [0.1, 0.15) is 17.5 Å². The maximum absolute atomic E-state index is 4.49. The molecule has 19 heavy (non-hydrogen) atoms. The molecule has 0 spiro atoms. The molecule has 1 heterocycles. The van der Waals surface area contributed by atoms with E-state index in [-0.39, 0.29) is 0 Å². The second-order valence-electron chi connectivity index (χ2n) is 4.24. The van der Waals surface area contributed by atoms with Gasteiger partial charge in [0, 0.05) is 29.7 Å². The number of hydrogen-bond donors (Lipinski definition) is 2. The van der Waals surface area contributed by atoms with E-state index in [9.17, 15) is 0 Å². The van der Waals surface area contributed by atoms with Gasteiger partial charge in [0.25, 0.3) is 0 Å². The predicted molar refractivity (Wildman–Crippen MR) is 83.1 cm³/mol. The van der Waals surface area contributed by atoms with Crippen molar-refractivity contribution in [1.29, 1.82) is 0 Å². The summed E-state index contributed by atoms with van der Waals surface area (Å²) in [5.41, 5.74) is 2.21. The maximum Gasteiger partial charge on any atom is 0.136 e. The van der Waals surface area contributed by atoms with Gasteiger partial charge in [-0.2, -0.15) is 0 Å². The van der Waals surface area contributed by atoms with Crippen molar-refractivity contribution < 1.29 is 0 Å². The lowest BCUT2D eigenvalue weighted by Crippen LogP contribution is -2.03. The van der Waals surface area contributed by atoms with E-state index in [1.54, 1.807) is 0 Å². The minimum atomic E-state index is 0.803. The highest BCUT2D eigenvalue weighted by molar-refractivity contribution is 9.10. The summed E-state index contributed by atoms with van der Waals surface area (Å²) in [5.74, 6) is 2.45. The van der Waals surface area contributed by atoms with Crippen molar-refractivity contribution >= 4 is 33.3 Å². The fourth-order valence-corrected chi connectivity index (χ4v) is 2.08. The summed E-state index contributed by atoms with van der Waals surface area (Å²) in [6.07, 6.45) is 0.807. The third-order valence-corrected chi connectivity index (χ3v) is 3.30. The lowest BCUT2D eigenvalue weighted by molar-refractivity contribution is 0.944. The quantitative estimate of drug-likeness (QED) is 0.897. The Balaban J connectivity index is 2.34. The van der Waals surface area contributed by atoms with Gasteiger partial charge in [-0.15, -0.1) is 0 Å². The van der Waals surface area contributed by atoms with Gasteiger partial charge < -0.3 is 10.6 Å². The molecule has 1 aromatic heterocycles. The van der Waals surface area contributed by atoms with Crippen LogP contribution in [0.3, 0.4) is 0 Å². The average Bonchev–Trinajstić information content (AvgIpc) is 2.42.